The Hall–Kier alpha value is -2.36. The normalized spacial score (nSPS) is 11.3. The lowest BCUT2D eigenvalue weighted by Crippen LogP contribution is -2.13. The molecule has 4 nitrogen and oxygen atoms in total. The van der Waals surface area contributed by atoms with E-state index in [1.54, 1.807) is 30.3 Å². The Morgan fingerprint density at radius 3 is 2.40 bits per heavy atom. The largest absolute Gasteiger partial charge is 0.478 e. The van der Waals surface area contributed by atoms with Crippen LogP contribution in [0.4, 0.5) is 0 Å². The summed E-state index contributed by atoms with van der Waals surface area (Å²) < 4.78 is 5.43. The summed E-state index contributed by atoms with van der Waals surface area (Å²) in [5, 5.41) is 9.11. The summed E-state index contributed by atoms with van der Waals surface area (Å²) in [6.45, 7) is 6.11. The van der Waals surface area contributed by atoms with Crippen LogP contribution >= 0.6 is 0 Å². The molecule has 0 fully saturated rings. The molecule has 1 N–H and O–H groups in total. The summed E-state index contributed by atoms with van der Waals surface area (Å²) in [7, 11) is 0. The number of carbonyl (C=O) groups excluding carboxylic acids is 1. The van der Waals surface area contributed by atoms with Crippen LogP contribution in [0, 0.1) is 0 Å². The Balaban J connectivity index is 2.66. The fourth-order valence-electron chi connectivity index (χ4n) is 2.10. The third-order valence-corrected chi connectivity index (χ3v) is 3.08. The third-order valence-electron chi connectivity index (χ3n) is 3.08. The molecule has 20 heavy (non-hydrogen) atoms. The van der Waals surface area contributed by atoms with E-state index in [-0.39, 0.29) is 16.7 Å². The smallest absolute Gasteiger partial charge is 0.335 e. The van der Waals surface area contributed by atoms with Crippen LogP contribution in [0.1, 0.15) is 47.2 Å². The number of carboxylic acids is 1. The first-order valence-corrected chi connectivity index (χ1v) is 6.26. The second-order valence-electron chi connectivity index (χ2n) is 5.64. The lowest BCUT2D eigenvalue weighted by Gasteiger charge is -2.22. The zero-order chi connectivity index (χ0) is 14.9. The van der Waals surface area contributed by atoms with E-state index in [2.05, 4.69) is 0 Å². The summed E-state index contributed by atoms with van der Waals surface area (Å²) >= 11 is 0. The molecule has 1 aromatic carbocycles. The van der Waals surface area contributed by atoms with Crippen molar-refractivity contribution in [3.05, 3.63) is 47.2 Å². The van der Waals surface area contributed by atoms with Crippen molar-refractivity contribution in [3.8, 4) is 11.3 Å². The summed E-state index contributed by atoms with van der Waals surface area (Å²) in [6.07, 6.45) is 0.626. The van der Waals surface area contributed by atoms with Gasteiger partial charge in [0.2, 0.25) is 0 Å². The topological polar surface area (TPSA) is 67.5 Å². The van der Waals surface area contributed by atoms with Gasteiger partial charge in [-0.05, 0) is 35.2 Å². The van der Waals surface area contributed by atoms with Crippen LogP contribution in [0.5, 0.6) is 0 Å². The van der Waals surface area contributed by atoms with E-state index in [1.165, 1.54) is 0 Å². The number of carboxylic acid groups (broad SMARTS) is 1. The van der Waals surface area contributed by atoms with Crippen LogP contribution < -0.4 is 0 Å². The van der Waals surface area contributed by atoms with Gasteiger partial charge in [0.05, 0.1) is 5.56 Å². The molecule has 0 amide bonds. The van der Waals surface area contributed by atoms with Crippen molar-refractivity contribution in [3.63, 3.8) is 0 Å². The van der Waals surface area contributed by atoms with Gasteiger partial charge in [0.25, 0.3) is 0 Å². The van der Waals surface area contributed by atoms with Gasteiger partial charge in [0.1, 0.15) is 5.76 Å². The van der Waals surface area contributed by atoms with Gasteiger partial charge < -0.3 is 9.52 Å². The Kier molecular flexibility index (Phi) is 3.49. The fraction of sp³-hybridized carbons (Fsp3) is 0.250. The highest BCUT2D eigenvalue weighted by Gasteiger charge is 2.22. The van der Waals surface area contributed by atoms with Gasteiger partial charge in [-0.25, -0.2) is 4.79 Å². The molecule has 0 aliphatic rings. The van der Waals surface area contributed by atoms with Gasteiger partial charge in [-0.2, -0.15) is 0 Å². The first-order chi connectivity index (χ1) is 9.32. The number of aldehydes is 1. The van der Waals surface area contributed by atoms with Gasteiger partial charge in [-0.15, -0.1) is 0 Å². The lowest BCUT2D eigenvalue weighted by molar-refractivity contribution is 0.0696. The quantitative estimate of drug-likeness (QED) is 0.864. The molecule has 2 aromatic rings. The number of hydrogen-bond donors (Lipinski definition) is 1. The van der Waals surface area contributed by atoms with Crippen molar-refractivity contribution in [1.29, 1.82) is 0 Å². The van der Waals surface area contributed by atoms with E-state index in [0.29, 0.717) is 17.6 Å². The molecular weight excluding hydrogens is 256 g/mol. The molecule has 4 heteroatoms. The molecule has 0 unspecified atom stereocenters. The monoisotopic (exact) mass is 272 g/mol. The predicted molar refractivity (Wildman–Crippen MR) is 75.2 cm³/mol. The van der Waals surface area contributed by atoms with Gasteiger partial charge in [0.15, 0.2) is 12.0 Å². The average Bonchev–Trinajstić information content (AvgIpc) is 2.85. The van der Waals surface area contributed by atoms with Crippen LogP contribution in [-0.4, -0.2) is 17.4 Å². The molecule has 0 saturated heterocycles. The van der Waals surface area contributed by atoms with E-state index in [1.807, 2.05) is 20.8 Å². The molecule has 0 radical (unpaired) electrons. The lowest BCUT2D eigenvalue weighted by atomic mass is 9.82. The van der Waals surface area contributed by atoms with E-state index < -0.39 is 5.97 Å². The molecule has 0 aliphatic heterocycles. The number of furan rings is 1. The molecule has 1 heterocycles. The van der Waals surface area contributed by atoms with Crippen LogP contribution in [0.25, 0.3) is 11.3 Å². The zero-order valence-corrected chi connectivity index (χ0v) is 11.6. The van der Waals surface area contributed by atoms with Crippen molar-refractivity contribution in [1.82, 2.24) is 0 Å². The van der Waals surface area contributed by atoms with E-state index >= 15 is 0 Å². The summed E-state index contributed by atoms with van der Waals surface area (Å²) in [6, 6.07) is 8.20. The second-order valence-corrected chi connectivity index (χ2v) is 5.64. The molecule has 0 atom stereocenters. The highest BCUT2D eigenvalue weighted by Crippen LogP contribution is 2.34. The summed E-state index contributed by atoms with van der Waals surface area (Å²) in [5.74, 6) is -0.269. The van der Waals surface area contributed by atoms with Crippen LogP contribution in [0.2, 0.25) is 0 Å². The molecular formula is C16H16O4. The molecule has 0 spiro atoms. The van der Waals surface area contributed by atoms with Crippen LogP contribution in [0.15, 0.2) is 34.7 Å². The summed E-state index contributed by atoms with van der Waals surface area (Å²) in [4.78, 5) is 21.8. The van der Waals surface area contributed by atoms with Crippen molar-refractivity contribution in [2.24, 2.45) is 0 Å². The number of benzene rings is 1. The van der Waals surface area contributed by atoms with Crippen LogP contribution in [0.3, 0.4) is 0 Å². The molecule has 2 rings (SSSR count). The number of rotatable bonds is 3. The average molecular weight is 272 g/mol. The second kappa shape index (κ2) is 4.96. The van der Waals surface area contributed by atoms with Gasteiger partial charge >= 0.3 is 5.97 Å². The maximum atomic E-state index is 11.1. The third kappa shape index (κ3) is 2.64. The Morgan fingerprint density at radius 1 is 1.20 bits per heavy atom. The van der Waals surface area contributed by atoms with Gasteiger partial charge in [-0.1, -0.05) is 26.8 Å². The molecule has 0 aliphatic carbocycles. The van der Waals surface area contributed by atoms with E-state index in [4.69, 9.17) is 9.52 Å². The zero-order valence-electron chi connectivity index (χ0n) is 11.6. The number of aromatic carboxylic acids is 1. The van der Waals surface area contributed by atoms with Crippen molar-refractivity contribution >= 4 is 12.3 Å². The van der Waals surface area contributed by atoms with E-state index in [9.17, 15) is 9.59 Å². The minimum atomic E-state index is -0.992. The standard InChI is InChI=1S/C16H16O4/c1-16(2,3)13-6-4-10(15(18)19)8-12(13)14-7-5-11(9-17)20-14/h4-9H,1-3H3,(H,18,19). The number of carbonyl (C=O) groups is 2. The molecule has 0 bridgehead atoms. The fourth-order valence-corrected chi connectivity index (χ4v) is 2.10. The van der Waals surface area contributed by atoms with Crippen molar-refractivity contribution in [2.75, 3.05) is 0 Å². The van der Waals surface area contributed by atoms with Crippen molar-refractivity contribution in [2.45, 2.75) is 26.2 Å². The molecule has 1 aromatic heterocycles. The number of hydrogen-bond acceptors (Lipinski definition) is 3. The highest BCUT2D eigenvalue weighted by molar-refractivity contribution is 5.90. The van der Waals surface area contributed by atoms with Crippen molar-refractivity contribution < 1.29 is 19.1 Å². The minimum absolute atomic E-state index is 0.166. The maximum Gasteiger partial charge on any atom is 0.335 e. The first kappa shape index (κ1) is 14.1. The Bertz CT molecular complexity index is 659. The minimum Gasteiger partial charge on any atom is -0.478 e. The van der Waals surface area contributed by atoms with Crippen LogP contribution in [-0.2, 0) is 5.41 Å². The predicted octanol–water partition coefficient (Wildman–Crippen LogP) is 3.75. The Morgan fingerprint density at radius 2 is 1.90 bits per heavy atom. The molecule has 0 saturated carbocycles. The van der Waals surface area contributed by atoms with Gasteiger partial charge in [-0.3, -0.25) is 4.79 Å². The molecule has 104 valence electrons. The Labute approximate surface area is 117 Å². The van der Waals surface area contributed by atoms with E-state index in [0.717, 1.165) is 5.56 Å². The first-order valence-electron chi connectivity index (χ1n) is 6.26. The maximum absolute atomic E-state index is 11.1. The SMILES string of the molecule is CC(C)(C)c1ccc(C(=O)O)cc1-c1ccc(C=O)o1. The highest BCUT2D eigenvalue weighted by atomic mass is 16.4. The van der Waals surface area contributed by atoms with Gasteiger partial charge in [0, 0.05) is 5.56 Å². The summed E-state index contributed by atoms with van der Waals surface area (Å²) in [5.41, 5.74) is 1.69.